The minimum Gasteiger partial charge on any atom is -0.394 e. The van der Waals surface area contributed by atoms with E-state index in [1.54, 1.807) is 0 Å². The highest BCUT2D eigenvalue weighted by Gasteiger charge is 2.49. The second-order valence-corrected chi connectivity index (χ2v) is 5.51. The highest BCUT2D eigenvalue weighted by Crippen LogP contribution is 2.39. The Hall–Kier alpha value is -0.200. The molecule has 0 aromatic rings. The molecule has 0 amide bonds. The van der Waals surface area contributed by atoms with Gasteiger partial charge in [0.05, 0.1) is 12.7 Å². The number of rotatable bonds is 5. The first-order valence-corrected chi connectivity index (χ1v) is 6.71. The predicted octanol–water partition coefficient (Wildman–Crippen LogP) is 0.0452. The fourth-order valence-corrected chi connectivity index (χ4v) is 2.77. The first-order chi connectivity index (χ1) is 8.41. The third-order valence-electron chi connectivity index (χ3n) is 4.21. The lowest BCUT2D eigenvalue weighted by molar-refractivity contribution is -0.256. The van der Waals surface area contributed by atoms with Crippen LogP contribution in [0.3, 0.4) is 0 Å². The van der Waals surface area contributed by atoms with Crippen LogP contribution >= 0.6 is 0 Å². The van der Waals surface area contributed by atoms with Crippen LogP contribution in [0.2, 0.25) is 0 Å². The lowest BCUT2D eigenvalue weighted by atomic mass is 9.72. The van der Waals surface area contributed by atoms with Gasteiger partial charge in [0.15, 0.2) is 0 Å². The summed E-state index contributed by atoms with van der Waals surface area (Å²) in [5.41, 5.74) is -0.275. The minimum absolute atomic E-state index is 0.275. The van der Waals surface area contributed by atoms with Crippen molar-refractivity contribution < 1.29 is 25.2 Å². The number of ether oxygens (including phenoxy) is 1. The van der Waals surface area contributed by atoms with Gasteiger partial charge in [-0.15, -0.1) is 0 Å². The summed E-state index contributed by atoms with van der Waals surface area (Å²) >= 11 is 0. The summed E-state index contributed by atoms with van der Waals surface area (Å²) in [5, 5.41) is 38.8. The Morgan fingerprint density at radius 3 is 2.11 bits per heavy atom. The van der Waals surface area contributed by atoms with Gasteiger partial charge >= 0.3 is 0 Å². The summed E-state index contributed by atoms with van der Waals surface area (Å²) in [7, 11) is 0. The zero-order valence-electron chi connectivity index (χ0n) is 11.4. The Morgan fingerprint density at radius 2 is 1.67 bits per heavy atom. The van der Waals surface area contributed by atoms with Crippen LogP contribution in [0.1, 0.15) is 40.0 Å². The Morgan fingerprint density at radius 1 is 1.06 bits per heavy atom. The van der Waals surface area contributed by atoms with Crippen molar-refractivity contribution in [3.8, 4) is 0 Å². The molecule has 18 heavy (non-hydrogen) atoms. The van der Waals surface area contributed by atoms with Gasteiger partial charge in [0.1, 0.15) is 24.4 Å². The van der Waals surface area contributed by atoms with Crippen LogP contribution in [0.4, 0.5) is 0 Å². The van der Waals surface area contributed by atoms with Gasteiger partial charge in [0.2, 0.25) is 0 Å². The maximum Gasteiger partial charge on any atom is 0.111 e. The monoisotopic (exact) mass is 262 g/mol. The number of hydrogen-bond acceptors (Lipinski definition) is 5. The summed E-state index contributed by atoms with van der Waals surface area (Å²) in [6.07, 6.45) is -2.46. The first kappa shape index (κ1) is 15.9. The van der Waals surface area contributed by atoms with Crippen LogP contribution in [0.25, 0.3) is 0 Å². The molecule has 4 N–H and O–H groups in total. The molecule has 108 valence electrons. The third-order valence-corrected chi connectivity index (χ3v) is 4.21. The maximum absolute atomic E-state index is 10.1. The molecule has 0 spiro atoms. The minimum atomic E-state index is -1.27. The smallest absolute Gasteiger partial charge is 0.111 e. The molecule has 1 fully saturated rings. The zero-order valence-corrected chi connectivity index (χ0v) is 11.4. The Labute approximate surface area is 108 Å². The topological polar surface area (TPSA) is 90.2 Å². The van der Waals surface area contributed by atoms with Crippen LogP contribution in [-0.4, -0.2) is 57.6 Å². The summed E-state index contributed by atoms with van der Waals surface area (Å²) in [6.45, 7) is 5.70. The van der Waals surface area contributed by atoms with E-state index >= 15 is 0 Å². The van der Waals surface area contributed by atoms with Crippen molar-refractivity contribution in [3.63, 3.8) is 0 Å². The number of hydrogen-bond donors (Lipinski definition) is 4. The molecule has 0 bridgehead atoms. The number of aliphatic hydroxyl groups is 4. The average Bonchev–Trinajstić information content (AvgIpc) is 2.36. The molecule has 0 saturated carbocycles. The zero-order chi connectivity index (χ0) is 13.9. The van der Waals surface area contributed by atoms with Crippen molar-refractivity contribution in [2.75, 3.05) is 6.61 Å². The molecule has 1 aliphatic heterocycles. The highest BCUT2D eigenvalue weighted by molar-refractivity contribution is 4.98. The van der Waals surface area contributed by atoms with Gasteiger partial charge in [-0.05, 0) is 18.3 Å². The van der Waals surface area contributed by atoms with E-state index in [9.17, 15) is 20.4 Å². The van der Waals surface area contributed by atoms with E-state index in [0.29, 0.717) is 0 Å². The first-order valence-electron chi connectivity index (χ1n) is 6.71. The van der Waals surface area contributed by atoms with Gasteiger partial charge in [-0.3, -0.25) is 0 Å². The van der Waals surface area contributed by atoms with Crippen molar-refractivity contribution in [3.05, 3.63) is 0 Å². The SMILES string of the molecule is CCCC(C)(CC)C1OC(CO)C(O)C(O)C1O. The molecule has 5 heteroatoms. The molecule has 6 atom stereocenters. The summed E-state index contributed by atoms with van der Waals surface area (Å²) in [6, 6.07) is 0. The van der Waals surface area contributed by atoms with Crippen molar-refractivity contribution in [1.29, 1.82) is 0 Å². The van der Waals surface area contributed by atoms with Crippen LogP contribution in [0, 0.1) is 5.41 Å². The van der Waals surface area contributed by atoms with Gasteiger partial charge in [0, 0.05) is 0 Å². The Bertz CT molecular complexity index is 258. The van der Waals surface area contributed by atoms with Crippen molar-refractivity contribution in [2.45, 2.75) is 70.6 Å². The molecular weight excluding hydrogens is 236 g/mol. The van der Waals surface area contributed by atoms with Crippen molar-refractivity contribution in [2.24, 2.45) is 5.41 Å². The van der Waals surface area contributed by atoms with Gasteiger partial charge in [0.25, 0.3) is 0 Å². The summed E-state index contributed by atoms with van der Waals surface area (Å²) in [5.74, 6) is 0. The van der Waals surface area contributed by atoms with E-state index in [4.69, 9.17) is 4.74 Å². The van der Waals surface area contributed by atoms with E-state index in [0.717, 1.165) is 19.3 Å². The number of aliphatic hydroxyl groups excluding tert-OH is 4. The second kappa shape index (κ2) is 6.30. The van der Waals surface area contributed by atoms with E-state index in [1.165, 1.54) is 0 Å². The van der Waals surface area contributed by atoms with Crippen LogP contribution in [0.15, 0.2) is 0 Å². The maximum atomic E-state index is 10.1. The molecule has 0 aliphatic carbocycles. The standard InChI is InChI=1S/C13H26O5/c1-4-6-13(3,5-2)12-11(17)10(16)9(15)8(7-14)18-12/h8-12,14-17H,4-7H2,1-3H3. The molecule has 0 aromatic carbocycles. The molecule has 1 rings (SSSR count). The van der Waals surface area contributed by atoms with Crippen LogP contribution in [-0.2, 0) is 4.74 Å². The molecule has 6 unspecified atom stereocenters. The normalized spacial score (nSPS) is 40.5. The molecule has 0 radical (unpaired) electrons. The fourth-order valence-electron chi connectivity index (χ4n) is 2.77. The molecule has 1 heterocycles. The van der Waals surface area contributed by atoms with Crippen molar-refractivity contribution in [1.82, 2.24) is 0 Å². The Kier molecular flexibility index (Phi) is 5.55. The fraction of sp³-hybridized carbons (Fsp3) is 1.00. The van der Waals surface area contributed by atoms with Gasteiger partial charge in [-0.2, -0.15) is 0 Å². The average molecular weight is 262 g/mol. The van der Waals surface area contributed by atoms with Crippen LogP contribution in [0.5, 0.6) is 0 Å². The van der Waals surface area contributed by atoms with E-state index in [1.807, 2.05) is 13.8 Å². The van der Waals surface area contributed by atoms with E-state index in [-0.39, 0.29) is 12.0 Å². The van der Waals surface area contributed by atoms with Gasteiger partial charge in [-0.25, -0.2) is 0 Å². The lowest BCUT2D eigenvalue weighted by Crippen LogP contribution is -2.62. The Balaban J connectivity index is 2.92. The summed E-state index contributed by atoms with van der Waals surface area (Å²) < 4.78 is 5.63. The molecule has 0 aromatic heterocycles. The quantitative estimate of drug-likeness (QED) is 0.562. The van der Waals surface area contributed by atoms with Crippen LogP contribution < -0.4 is 0 Å². The molecular formula is C13H26O5. The van der Waals surface area contributed by atoms with Crippen molar-refractivity contribution >= 4 is 0 Å². The van der Waals surface area contributed by atoms with E-state index < -0.39 is 30.5 Å². The lowest BCUT2D eigenvalue weighted by Gasteiger charge is -2.47. The van der Waals surface area contributed by atoms with Gasteiger partial charge in [-0.1, -0.05) is 27.2 Å². The van der Waals surface area contributed by atoms with Gasteiger partial charge < -0.3 is 25.2 Å². The largest absolute Gasteiger partial charge is 0.394 e. The molecule has 5 nitrogen and oxygen atoms in total. The molecule has 1 aliphatic rings. The molecule has 1 saturated heterocycles. The summed E-state index contributed by atoms with van der Waals surface area (Å²) in [4.78, 5) is 0. The second-order valence-electron chi connectivity index (χ2n) is 5.51. The van der Waals surface area contributed by atoms with E-state index in [2.05, 4.69) is 6.92 Å². The predicted molar refractivity (Wildman–Crippen MR) is 67.1 cm³/mol. The highest BCUT2D eigenvalue weighted by atomic mass is 16.5. The third kappa shape index (κ3) is 2.86.